The summed E-state index contributed by atoms with van der Waals surface area (Å²) in [6, 6.07) is 1.27. The molecule has 114 valence electrons. The summed E-state index contributed by atoms with van der Waals surface area (Å²) in [5.74, 6) is 0.0467. The third-order valence-corrected chi connectivity index (χ3v) is 4.68. The molecule has 0 atom stereocenters. The lowest BCUT2D eigenvalue weighted by atomic mass is 10.4. The average Bonchev–Trinajstić information content (AvgIpc) is 2.37. The van der Waals surface area contributed by atoms with Gasteiger partial charge in [0.05, 0.1) is 13.2 Å². The van der Waals surface area contributed by atoms with Gasteiger partial charge in [0.2, 0.25) is 10.0 Å². The number of aliphatic hydroxyl groups is 1. The van der Waals surface area contributed by atoms with Gasteiger partial charge < -0.3 is 10.4 Å². The van der Waals surface area contributed by atoms with Gasteiger partial charge in [-0.2, -0.15) is 4.31 Å². The SMILES string of the molecule is CNc1ncc(Br)cc1S(=O)(=O)N(CCO)CC(F)F. The summed E-state index contributed by atoms with van der Waals surface area (Å²) in [4.78, 5) is 3.64. The second-order valence-electron chi connectivity index (χ2n) is 3.73. The number of halogens is 3. The van der Waals surface area contributed by atoms with E-state index in [-0.39, 0.29) is 10.7 Å². The number of aliphatic hydroxyl groups excluding tert-OH is 1. The van der Waals surface area contributed by atoms with Crippen molar-refractivity contribution < 1.29 is 22.3 Å². The van der Waals surface area contributed by atoms with Crippen molar-refractivity contribution in [1.82, 2.24) is 9.29 Å². The van der Waals surface area contributed by atoms with E-state index in [1.807, 2.05) is 0 Å². The fourth-order valence-corrected chi connectivity index (χ4v) is 3.59. The van der Waals surface area contributed by atoms with E-state index in [0.717, 1.165) is 0 Å². The molecule has 0 fully saturated rings. The highest BCUT2D eigenvalue weighted by molar-refractivity contribution is 9.10. The molecular weight excluding hydrogens is 360 g/mol. The average molecular weight is 374 g/mol. The normalized spacial score (nSPS) is 12.2. The molecule has 1 rings (SSSR count). The molecule has 0 aliphatic rings. The molecule has 1 aromatic rings. The quantitative estimate of drug-likeness (QED) is 0.748. The maximum Gasteiger partial charge on any atom is 0.252 e. The van der Waals surface area contributed by atoms with Gasteiger partial charge in [-0.25, -0.2) is 22.2 Å². The van der Waals surface area contributed by atoms with Gasteiger partial charge >= 0.3 is 0 Å². The number of pyridine rings is 1. The molecule has 0 spiro atoms. The minimum absolute atomic E-state index is 0.0467. The molecule has 0 unspecified atom stereocenters. The van der Waals surface area contributed by atoms with Crippen LogP contribution in [-0.4, -0.2) is 56.0 Å². The first-order valence-corrected chi connectivity index (χ1v) is 7.78. The van der Waals surface area contributed by atoms with Crippen molar-refractivity contribution in [2.24, 2.45) is 0 Å². The number of rotatable bonds is 7. The lowest BCUT2D eigenvalue weighted by Gasteiger charge is -2.22. The Labute approximate surface area is 124 Å². The molecule has 0 saturated heterocycles. The Bertz CT molecular complexity index is 557. The summed E-state index contributed by atoms with van der Waals surface area (Å²) in [5, 5.41) is 11.4. The molecule has 0 saturated carbocycles. The van der Waals surface area contributed by atoms with Crippen LogP contribution in [-0.2, 0) is 10.0 Å². The van der Waals surface area contributed by atoms with E-state index < -0.39 is 36.1 Å². The largest absolute Gasteiger partial charge is 0.395 e. The summed E-state index contributed by atoms with van der Waals surface area (Å²) < 4.78 is 50.6. The van der Waals surface area contributed by atoms with Crippen molar-refractivity contribution in [2.75, 3.05) is 32.1 Å². The van der Waals surface area contributed by atoms with Gasteiger partial charge in [-0.05, 0) is 22.0 Å². The molecule has 2 N–H and O–H groups in total. The Morgan fingerprint density at radius 3 is 2.70 bits per heavy atom. The van der Waals surface area contributed by atoms with E-state index in [2.05, 4.69) is 26.2 Å². The summed E-state index contributed by atoms with van der Waals surface area (Å²) in [7, 11) is -2.71. The first-order valence-electron chi connectivity index (χ1n) is 5.55. The Hall–Kier alpha value is -0.840. The maximum absolute atomic E-state index is 12.5. The van der Waals surface area contributed by atoms with Gasteiger partial charge in [0, 0.05) is 24.3 Å². The van der Waals surface area contributed by atoms with Crippen molar-refractivity contribution in [3.05, 3.63) is 16.7 Å². The van der Waals surface area contributed by atoms with Crippen molar-refractivity contribution in [1.29, 1.82) is 0 Å². The van der Waals surface area contributed by atoms with Gasteiger partial charge in [-0.3, -0.25) is 0 Å². The van der Waals surface area contributed by atoms with Gasteiger partial charge in [-0.15, -0.1) is 0 Å². The highest BCUT2D eigenvalue weighted by Gasteiger charge is 2.29. The topological polar surface area (TPSA) is 82.5 Å². The molecule has 1 heterocycles. The van der Waals surface area contributed by atoms with Crippen LogP contribution in [0.5, 0.6) is 0 Å². The first-order chi connectivity index (χ1) is 9.32. The van der Waals surface area contributed by atoms with Gasteiger partial charge in [0.1, 0.15) is 10.7 Å². The van der Waals surface area contributed by atoms with Crippen LogP contribution in [0.15, 0.2) is 21.6 Å². The van der Waals surface area contributed by atoms with Gasteiger partial charge in [0.25, 0.3) is 6.43 Å². The van der Waals surface area contributed by atoms with Crippen molar-refractivity contribution >= 4 is 31.8 Å². The van der Waals surface area contributed by atoms with Crippen LogP contribution in [0.25, 0.3) is 0 Å². The maximum atomic E-state index is 12.5. The van der Waals surface area contributed by atoms with E-state index in [9.17, 15) is 17.2 Å². The van der Waals surface area contributed by atoms with Crippen LogP contribution in [0.2, 0.25) is 0 Å². The zero-order valence-corrected chi connectivity index (χ0v) is 13.0. The van der Waals surface area contributed by atoms with E-state index in [0.29, 0.717) is 8.78 Å². The van der Waals surface area contributed by atoms with E-state index in [1.165, 1.54) is 19.3 Å². The summed E-state index contributed by atoms with van der Waals surface area (Å²) in [6.07, 6.45) is -1.46. The van der Waals surface area contributed by atoms with Crippen LogP contribution in [0.3, 0.4) is 0 Å². The van der Waals surface area contributed by atoms with Crippen LogP contribution >= 0.6 is 15.9 Å². The zero-order chi connectivity index (χ0) is 15.3. The van der Waals surface area contributed by atoms with Crippen LogP contribution < -0.4 is 5.32 Å². The number of hydrogen-bond donors (Lipinski definition) is 2. The number of nitrogens with one attached hydrogen (secondary N) is 1. The third-order valence-electron chi connectivity index (χ3n) is 2.37. The minimum atomic E-state index is -4.19. The van der Waals surface area contributed by atoms with Crippen molar-refractivity contribution in [3.8, 4) is 0 Å². The van der Waals surface area contributed by atoms with Crippen LogP contribution in [0.4, 0.5) is 14.6 Å². The summed E-state index contributed by atoms with van der Waals surface area (Å²) in [6.45, 7) is -1.96. The highest BCUT2D eigenvalue weighted by atomic mass is 79.9. The molecule has 0 amide bonds. The Kier molecular flexibility index (Phi) is 6.24. The summed E-state index contributed by atoms with van der Waals surface area (Å²) >= 11 is 3.09. The van der Waals surface area contributed by atoms with Crippen LogP contribution in [0, 0.1) is 0 Å². The molecule has 10 heteroatoms. The minimum Gasteiger partial charge on any atom is -0.395 e. The van der Waals surface area contributed by atoms with Gasteiger partial charge in [0.15, 0.2) is 0 Å². The van der Waals surface area contributed by atoms with Crippen molar-refractivity contribution in [3.63, 3.8) is 0 Å². The first kappa shape index (κ1) is 17.2. The highest BCUT2D eigenvalue weighted by Crippen LogP contribution is 2.26. The number of sulfonamides is 1. The second-order valence-corrected chi connectivity index (χ2v) is 6.55. The van der Waals surface area contributed by atoms with E-state index >= 15 is 0 Å². The summed E-state index contributed by atoms with van der Waals surface area (Å²) in [5.41, 5.74) is 0. The predicted octanol–water partition coefficient (Wildman–Crippen LogP) is 1.13. The molecule has 0 radical (unpaired) electrons. The van der Waals surface area contributed by atoms with Crippen molar-refractivity contribution in [2.45, 2.75) is 11.3 Å². The van der Waals surface area contributed by atoms with Crippen LogP contribution in [0.1, 0.15) is 0 Å². The molecule has 0 bridgehead atoms. The fraction of sp³-hybridized carbons (Fsp3) is 0.500. The lowest BCUT2D eigenvalue weighted by Crippen LogP contribution is -2.37. The van der Waals surface area contributed by atoms with E-state index in [1.54, 1.807) is 0 Å². The fourth-order valence-electron chi connectivity index (χ4n) is 1.52. The molecule has 0 aliphatic heterocycles. The number of nitrogens with zero attached hydrogens (tertiary/aromatic N) is 2. The predicted molar refractivity (Wildman–Crippen MR) is 73.3 cm³/mol. The Balaban J connectivity index is 3.28. The molecule has 0 aromatic carbocycles. The zero-order valence-electron chi connectivity index (χ0n) is 10.6. The smallest absolute Gasteiger partial charge is 0.252 e. The molecule has 1 aromatic heterocycles. The number of anilines is 1. The molecular formula is C10H14BrF2N3O3S. The lowest BCUT2D eigenvalue weighted by molar-refractivity contribution is 0.113. The Morgan fingerprint density at radius 1 is 1.55 bits per heavy atom. The Morgan fingerprint density at radius 2 is 2.20 bits per heavy atom. The number of alkyl halides is 2. The standard InChI is InChI=1S/C10H14BrF2N3O3S/c1-14-10-8(4-7(11)5-15-10)20(18,19)16(2-3-17)6-9(12)13/h4-5,9,17H,2-3,6H2,1H3,(H,14,15). The van der Waals surface area contributed by atoms with Gasteiger partial charge in [-0.1, -0.05) is 0 Å². The van der Waals surface area contributed by atoms with E-state index in [4.69, 9.17) is 5.11 Å². The monoisotopic (exact) mass is 373 g/mol. The number of hydrogen-bond acceptors (Lipinski definition) is 5. The number of aromatic nitrogens is 1. The second kappa shape index (κ2) is 7.25. The molecule has 0 aliphatic carbocycles. The third kappa shape index (κ3) is 4.08. The molecule has 20 heavy (non-hydrogen) atoms. The molecule has 6 nitrogen and oxygen atoms in total.